The predicted molar refractivity (Wildman–Crippen MR) is 117 cm³/mol. The lowest BCUT2D eigenvalue weighted by atomic mass is 10.0. The molecule has 1 aromatic heterocycles. The van der Waals surface area contributed by atoms with Gasteiger partial charge in [0.05, 0.1) is 30.7 Å². The Bertz CT molecular complexity index is 1100. The fourth-order valence-electron chi connectivity index (χ4n) is 3.59. The number of methoxy groups -OCH3 is 1. The number of ether oxygens (including phenoxy) is 3. The van der Waals surface area contributed by atoms with E-state index in [0.29, 0.717) is 18.0 Å². The molecule has 0 aliphatic carbocycles. The van der Waals surface area contributed by atoms with Crippen LogP contribution in [0.25, 0.3) is 11.3 Å². The molecule has 31 heavy (non-hydrogen) atoms. The number of aromatic nitrogens is 2. The number of hydrogen-bond acceptors (Lipinski definition) is 6. The third kappa shape index (κ3) is 4.60. The van der Waals surface area contributed by atoms with E-state index in [4.69, 9.17) is 14.2 Å². The number of fused-ring (bicyclic) bond motifs is 1. The van der Waals surface area contributed by atoms with E-state index in [9.17, 15) is 4.79 Å². The first-order valence-corrected chi connectivity index (χ1v) is 10.2. The molecule has 0 spiro atoms. The van der Waals surface area contributed by atoms with E-state index < -0.39 is 0 Å². The van der Waals surface area contributed by atoms with Gasteiger partial charge in [0.25, 0.3) is 5.91 Å². The van der Waals surface area contributed by atoms with Gasteiger partial charge in [-0.3, -0.25) is 9.78 Å². The average Bonchev–Trinajstić information content (AvgIpc) is 3.21. The second kappa shape index (κ2) is 9.04. The van der Waals surface area contributed by atoms with Gasteiger partial charge in [-0.2, -0.15) is 0 Å². The van der Waals surface area contributed by atoms with Crippen molar-refractivity contribution in [3.05, 3.63) is 65.6 Å². The minimum absolute atomic E-state index is 0.0939. The molecule has 0 bridgehead atoms. The van der Waals surface area contributed by atoms with E-state index in [1.807, 2.05) is 44.2 Å². The number of hydrogen-bond donors (Lipinski definition) is 1. The molecule has 160 valence electrons. The minimum atomic E-state index is -0.217. The first kappa shape index (κ1) is 20.7. The van der Waals surface area contributed by atoms with Gasteiger partial charge in [-0.1, -0.05) is 24.3 Å². The van der Waals surface area contributed by atoms with Crippen molar-refractivity contribution in [1.29, 1.82) is 0 Å². The normalized spacial score (nSPS) is 14.5. The zero-order chi connectivity index (χ0) is 21.8. The Morgan fingerprint density at radius 1 is 1.16 bits per heavy atom. The van der Waals surface area contributed by atoms with Gasteiger partial charge in [0.15, 0.2) is 18.1 Å². The standard InChI is InChI=1S/C24H25N3O4/c1-15-12-25-16(2)23(27-15)19-8-6-7-17-11-18(31-24(17)19)13-26-22(28)14-30-21-10-5-4-9-20(21)29-3/h4-10,12,18H,11,13-14H2,1-3H3,(H,26,28). The predicted octanol–water partition coefficient (Wildman–Crippen LogP) is 3.27. The van der Waals surface area contributed by atoms with Crippen LogP contribution in [-0.2, 0) is 11.2 Å². The number of carbonyl (C=O) groups is 1. The van der Waals surface area contributed by atoms with Gasteiger partial charge in [-0.15, -0.1) is 0 Å². The molecule has 3 aromatic rings. The summed E-state index contributed by atoms with van der Waals surface area (Å²) < 4.78 is 17.0. The second-order valence-corrected chi connectivity index (χ2v) is 7.43. The van der Waals surface area contributed by atoms with Crippen molar-refractivity contribution in [2.24, 2.45) is 0 Å². The molecule has 7 heteroatoms. The van der Waals surface area contributed by atoms with E-state index in [2.05, 4.69) is 15.3 Å². The molecule has 0 saturated carbocycles. The van der Waals surface area contributed by atoms with Crippen molar-refractivity contribution >= 4 is 5.91 Å². The zero-order valence-corrected chi connectivity index (χ0v) is 17.8. The fourth-order valence-corrected chi connectivity index (χ4v) is 3.59. The number of amides is 1. The summed E-state index contributed by atoms with van der Waals surface area (Å²) in [5.41, 5.74) is 4.57. The molecule has 1 atom stereocenters. The molecule has 1 N–H and O–H groups in total. The smallest absolute Gasteiger partial charge is 0.258 e. The SMILES string of the molecule is COc1ccccc1OCC(=O)NCC1Cc2cccc(-c3nc(C)cnc3C)c2O1. The van der Waals surface area contributed by atoms with Gasteiger partial charge in [0, 0.05) is 18.2 Å². The number of benzene rings is 2. The number of aryl methyl sites for hydroxylation is 2. The summed E-state index contributed by atoms with van der Waals surface area (Å²) in [4.78, 5) is 21.3. The molecular weight excluding hydrogens is 394 g/mol. The molecule has 4 rings (SSSR count). The molecule has 0 radical (unpaired) electrons. The maximum absolute atomic E-state index is 12.3. The first-order valence-electron chi connectivity index (χ1n) is 10.2. The topological polar surface area (TPSA) is 82.6 Å². The summed E-state index contributed by atoms with van der Waals surface area (Å²) in [6.45, 7) is 4.16. The Balaban J connectivity index is 1.37. The van der Waals surface area contributed by atoms with Gasteiger partial charge in [-0.25, -0.2) is 4.98 Å². The lowest BCUT2D eigenvalue weighted by molar-refractivity contribution is -0.123. The van der Waals surface area contributed by atoms with Crippen molar-refractivity contribution in [3.63, 3.8) is 0 Å². The number of carbonyl (C=O) groups excluding carboxylic acids is 1. The first-order chi connectivity index (χ1) is 15.0. The quantitative estimate of drug-likeness (QED) is 0.633. The van der Waals surface area contributed by atoms with Crippen LogP contribution in [0.3, 0.4) is 0 Å². The summed E-state index contributed by atoms with van der Waals surface area (Å²) in [7, 11) is 1.56. The lowest BCUT2D eigenvalue weighted by Crippen LogP contribution is -2.37. The number of para-hydroxylation sites is 3. The molecule has 2 aromatic carbocycles. The van der Waals surface area contributed by atoms with Gasteiger partial charge in [0.1, 0.15) is 11.9 Å². The lowest BCUT2D eigenvalue weighted by Gasteiger charge is -2.15. The molecule has 2 heterocycles. The molecule has 1 amide bonds. The van der Waals surface area contributed by atoms with Crippen molar-refractivity contribution in [1.82, 2.24) is 15.3 Å². The van der Waals surface area contributed by atoms with Crippen molar-refractivity contribution < 1.29 is 19.0 Å². The Kier molecular flexibility index (Phi) is 6.02. The minimum Gasteiger partial charge on any atom is -0.493 e. The Morgan fingerprint density at radius 2 is 1.97 bits per heavy atom. The zero-order valence-electron chi connectivity index (χ0n) is 17.8. The Morgan fingerprint density at radius 3 is 2.77 bits per heavy atom. The van der Waals surface area contributed by atoms with Crippen molar-refractivity contribution in [2.75, 3.05) is 20.3 Å². The molecule has 0 fully saturated rings. The van der Waals surface area contributed by atoms with Crippen LogP contribution in [0.15, 0.2) is 48.7 Å². The van der Waals surface area contributed by atoms with E-state index in [-0.39, 0.29) is 18.6 Å². The van der Waals surface area contributed by atoms with Crippen LogP contribution >= 0.6 is 0 Å². The van der Waals surface area contributed by atoms with E-state index in [0.717, 1.165) is 40.4 Å². The van der Waals surface area contributed by atoms with Gasteiger partial charge in [-0.05, 0) is 37.6 Å². The van der Waals surface area contributed by atoms with Crippen LogP contribution in [-0.4, -0.2) is 42.2 Å². The highest BCUT2D eigenvalue weighted by Crippen LogP contribution is 2.38. The van der Waals surface area contributed by atoms with Crippen LogP contribution < -0.4 is 19.5 Å². The second-order valence-electron chi connectivity index (χ2n) is 7.43. The fraction of sp³-hybridized carbons (Fsp3) is 0.292. The van der Waals surface area contributed by atoms with Gasteiger partial charge < -0.3 is 19.5 Å². The number of rotatable bonds is 7. The number of nitrogens with one attached hydrogen (secondary N) is 1. The summed E-state index contributed by atoms with van der Waals surface area (Å²) in [5, 5.41) is 2.89. The third-order valence-electron chi connectivity index (χ3n) is 5.11. The highest BCUT2D eigenvalue weighted by atomic mass is 16.5. The summed E-state index contributed by atoms with van der Waals surface area (Å²) in [5.74, 6) is 1.72. The summed E-state index contributed by atoms with van der Waals surface area (Å²) in [6.07, 6.45) is 2.33. The van der Waals surface area contributed by atoms with Gasteiger partial charge >= 0.3 is 0 Å². The van der Waals surface area contributed by atoms with Crippen LogP contribution in [0, 0.1) is 13.8 Å². The summed E-state index contributed by atoms with van der Waals surface area (Å²) in [6, 6.07) is 13.3. The maximum Gasteiger partial charge on any atom is 0.258 e. The molecule has 1 aliphatic rings. The Hall–Kier alpha value is -3.61. The molecule has 1 aliphatic heterocycles. The van der Waals surface area contributed by atoms with Crippen LogP contribution in [0.1, 0.15) is 17.0 Å². The van der Waals surface area contributed by atoms with E-state index in [1.165, 1.54) is 0 Å². The van der Waals surface area contributed by atoms with Crippen LogP contribution in [0.2, 0.25) is 0 Å². The molecular formula is C24H25N3O4. The van der Waals surface area contributed by atoms with Crippen LogP contribution in [0.5, 0.6) is 17.2 Å². The van der Waals surface area contributed by atoms with Crippen LogP contribution in [0.4, 0.5) is 0 Å². The molecule has 1 unspecified atom stereocenters. The highest BCUT2D eigenvalue weighted by Gasteiger charge is 2.27. The monoisotopic (exact) mass is 419 g/mol. The Labute approximate surface area is 181 Å². The third-order valence-corrected chi connectivity index (χ3v) is 5.11. The average molecular weight is 419 g/mol. The van der Waals surface area contributed by atoms with Crippen molar-refractivity contribution in [3.8, 4) is 28.5 Å². The summed E-state index contributed by atoms with van der Waals surface area (Å²) >= 11 is 0. The van der Waals surface area contributed by atoms with E-state index in [1.54, 1.807) is 25.4 Å². The number of nitrogens with zero attached hydrogens (tertiary/aromatic N) is 2. The molecule has 7 nitrogen and oxygen atoms in total. The van der Waals surface area contributed by atoms with Crippen molar-refractivity contribution in [2.45, 2.75) is 26.4 Å². The van der Waals surface area contributed by atoms with E-state index >= 15 is 0 Å². The molecule has 0 saturated heterocycles. The highest BCUT2D eigenvalue weighted by molar-refractivity contribution is 5.77. The van der Waals surface area contributed by atoms with Gasteiger partial charge in [0.2, 0.25) is 0 Å². The maximum atomic E-state index is 12.3. The largest absolute Gasteiger partial charge is 0.493 e.